The van der Waals surface area contributed by atoms with Gasteiger partial charge in [0.2, 0.25) is 0 Å². The molecule has 0 bridgehead atoms. The van der Waals surface area contributed by atoms with Crippen LogP contribution in [0.4, 0.5) is 0 Å². The van der Waals surface area contributed by atoms with Gasteiger partial charge in [0.15, 0.2) is 0 Å². The standard InChI is InChI=1S/C41H27N5/c1-44-36-15-7-5-13-34(36)43-41(44)27-18-20-31-30-12-4-6-14-35(30)45(37(31)24-27)28-19-22-32-33-21-17-26-10-2-3-11-29(26)40(33)46(38(32)25-28)39-16-8-9-23-42-39/h2-25H,1H3. The normalized spacial score (nSPS) is 12.0. The van der Waals surface area contributed by atoms with Gasteiger partial charge in [-0.05, 0) is 53.9 Å². The van der Waals surface area contributed by atoms with E-state index in [2.05, 4.69) is 148 Å². The third kappa shape index (κ3) is 3.45. The fourth-order valence-corrected chi connectivity index (χ4v) is 7.42. The van der Waals surface area contributed by atoms with Gasteiger partial charge in [-0.3, -0.25) is 4.57 Å². The molecule has 5 heteroatoms. The first-order chi connectivity index (χ1) is 22.7. The summed E-state index contributed by atoms with van der Waals surface area (Å²) < 4.78 is 6.91. The molecule has 5 nitrogen and oxygen atoms in total. The quantitative estimate of drug-likeness (QED) is 0.206. The van der Waals surface area contributed by atoms with E-state index in [-0.39, 0.29) is 0 Å². The molecule has 0 unspecified atom stereocenters. The Hall–Kier alpha value is -6.20. The van der Waals surface area contributed by atoms with Gasteiger partial charge >= 0.3 is 0 Å². The molecule has 0 aliphatic rings. The summed E-state index contributed by atoms with van der Waals surface area (Å²) in [6, 6.07) is 49.8. The van der Waals surface area contributed by atoms with Gasteiger partial charge in [-0.2, -0.15) is 0 Å². The van der Waals surface area contributed by atoms with Crippen molar-refractivity contribution in [1.82, 2.24) is 23.7 Å². The van der Waals surface area contributed by atoms with Gasteiger partial charge < -0.3 is 9.13 Å². The maximum absolute atomic E-state index is 5.02. The molecule has 0 fully saturated rings. The lowest BCUT2D eigenvalue weighted by molar-refractivity contribution is 0.959. The fraction of sp³-hybridized carbons (Fsp3) is 0.0244. The molecule has 0 N–H and O–H groups in total. The second kappa shape index (κ2) is 9.40. The number of hydrogen-bond donors (Lipinski definition) is 0. The molecule has 216 valence electrons. The number of nitrogens with zero attached hydrogens (tertiary/aromatic N) is 5. The summed E-state index contributed by atoms with van der Waals surface area (Å²) in [7, 11) is 2.10. The zero-order chi connectivity index (χ0) is 30.4. The van der Waals surface area contributed by atoms with Crippen LogP contribution in [0.3, 0.4) is 0 Å². The Balaban J connectivity index is 1.29. The molecular formula is C41H27N5. The molecule has 0 saturated carbocycles. The number of aromatic nitrogens is 5. The zero-order valence-electron chi connectivity index (χ0n) is 25.1. The molecule has 0 spiro atoms. The van der Waals surface area contributed by atoms with E-state index < -0.39 is 0 Å². The average Bonchev–Trinajstić information content (AvgIpc) is 3.75. The lowest BCUT2D eigenvalue weighted by atomic mass is 10.1. The van der Waals surface area contributed by atoms with Crippen molar-refractivity contribution in [2.24, 2.45) is 7.05 Å². The van der Waals surface area contributed by atoms with Gasteiger partial charge in [-0.1, -0.05) is 91.0 Å². The monoisotopic (exact) mass is 589 g/mol. The largest absolute Gasteiger partial charge is 0.327 e. The smallest absolute Gasteiger partial charge is 0.140 e. The van der Waals surface area contributed by atoms with Gasteiger partial charge in [-0.15, -0.1) is 0 Å². The Morgan fingerprint density at radius 3 is 2.07 bits per heavy atom. The van der Waals surface area contributed by atoms with Crippen molar-refractivity contribution in [3.63, 3.8) is 0 Å². The molecule has 10 rings (SSSR count). The predicted molar refractivity (Wildman–Crippen MR) is 190 cm³/mol. The molecular weight excluding hydrogens is 562 g/mol. The van der Waals surface area contributed by atoms with Gasteiger partial charge in [0, 0.05) is 51.4 Å². The molecule has 0 aliphatic heterocycles. The van der Waals surface area contributed by atoms with Crippen LogP contribution in [0.25, 0.3) is 88.3 Å². The second-order valence-electron chi connectivity index (χ2n) is 12.0. The van der Waals surface area contributed by atoms with Crippen molar-refractivity contribution in [2.45, 2.75) is 0 Å². The third-order valence-electron chi connectivity index (χ3n) is 9.49. The van der Waals surface area contributed by atoms with Crippen LogP contribution < -0.4 is 0 Å². The first kappa shape index (κ1) is 25.2. The Morgan fingerprint density at radius 1 is 0.500 bits per heavy atom. The minimum atomic E-state index is 0.905. The highest BCUT2D eigenvalue weighted by atomic mass is 15.1. The number of para-hydroxylation sites is 3. The summed E-state index contributed by atoms with van der Waals surface area (Å²) in [5.74, 6) is 1.86. The van der Waals surface area contributed by atoms with Crippen molar-refractivity contribution < 1.29 is 0 Å². The van der Waals surface area contributed by atoms with Crippen LogP contribution in [-0.4, -0.2) is 23.7 Å². The van der Waals surface area contributed by atoms with E-state index in [9.17, 15) is 0 Å². The Labute approximate surface area is 264 Å². The highest BCUT2D eigenvalue weighted by molar-refractivity contribution is 6.19. The summed E-state index contributed by atoms with van der Waals surface area (Å²) in [6.45, 7) is 0. The lowest BCUT2D eigenvalue weighted by Crippen LogP contribution is -1.99. The third-order valence-corrected chi connectivity index (χ3v) is 9.49. The molecule has 10 aromatic rings. The minimum absolute atomic E-state index is 0.905. The SMILES string of the molecule is Cn1c(-c2ccc3c4ccccc4n(-c4ccc5c6ccc7ccccc7c6n(-c6ccccn6)c5c4)c3c2)nc2ccccc21. The highest BCUT2D eigenvalue weighted by Crippen LogP contribution is 2.39. The van der Waals surface area contributed by atoms with E-state index in [0.717, 1.165) is 45.0 Å². The number of imidazole rings is 1. The molecule has 4 heterocycles. The van der Waals surface area contributed by atoms with E-state index in [1.165, 1.54) is 43.4 Å². The maximum Gasteiger partial charge on any atom is 0.140 e. The van der Waals surface area contributed by atoms with Crippen LogP contribution >= 0.6 is 0 Å². The number of pyridine rings is 1. The Bertz CT molecular complexity index is 2820. The fourth-order valence-electron chi connectivity index (χ4n) is 7.42. The zero-order valence-corrected chi connectivity index (χ0v) is 25.1. The molecule has 0 saturated heterocycles. The number of hydrogen-bond acceptors (Lipinski definition) is 2. The molecule has 6 aromatic carbocycles. The van der Waals surface area contributed by atoms with Crippen molar-refractivity contribution >= 4 is 65.4 Å². The molecule has 0 atom stereocenters. The number of rotatable bonds is 3. The van der Waals surface area contributed by atoms with Crippen molar-refractivity contribution in [2.75, 3.05) is 0 Å². The van der Waals surface area contributed by atoms with Crippen LogP contribution in [0.1, 0.15) is 0 Å². The molecule has 0 aliphatic carbocycles. The van der Waals surface area contributed by atoms with E-state index in [1.807, 2.05) is 18.3 Å². The van der Waals surface area contributed by atoms with E-state index in [1.54, 1.807) is 0 Å². The predicted octanol–water partition coefficient (Wildman–Crippen LogP) is 9.98. The van der Waals surface area contributed by atoms with Crippen LogP contribution in [0.5, 0.6) is 0 Å². The summed E-state index contributed by atoms with van der Waals surface area (Å²) in [5.41, 5.74) is 8.94. The number of aryl methyl sites for hydroxylation is 1. The molecule has 0 amide bonds. The number of fused-ring (bicyclic) bond motifs is 9. The number of benzene rings is 6. The van der Waals surface area contributed by atoms with Gasteiger partial charge in [0.25, 0.3) is 0 Å². The van der Waals surface area contributed by atoms with Gasteiger partial charge in [-0.25, -0.2) is 9.97 Å². The average molecular weight is 590 g/mol. The van der Waals surface area contributed by atoms with Crippen LogP contribution in [0, 0.1) is 0 Å². The van der Waals surface area contributed by atoms with E-state index in [4.69, 9.17) is 9.97 Å². The van der Waals surface area contributed by atoms with Crippen LogP contribution in [0.2, 0.25) is 0 Å². The Morgan fingerprint density at radius 2 is 1.20 bits per heavy atom. The highest BCUT2D eigenvalue weighted by Gasteiger charge is 2.19. The lowest BCUT2D eigenvalue weighted by Gasteiger charge is -2.12. The molecule has 46 heavy (non-hydrogen) atoms. The summed E-state index contributed by atoms with van der Waals surface area (Å²) >= 11 is 0. The van der Waals surface area contributed by atoms with Crippen molar-refractivity contribution in [3.8, 4) is 22.9 Å². The topological polar surface area (TPSA) is 40.6 Å². The first-order valence-electron chi connectivity index (χ1n) is 15.6. The summed E-state index contributed by atoms with van der Waals surface area (Å²) in [4.78, 5) is 9.86. The maximum atomic E-state index is 5.02. The van der Waals surface area contributed by atoms with Gasteiger partial charge in [0.05, 0.1) is 33.1 Å². The first-order valence-corrected chi connectivity index (χ1v) is 15.6. The molecule has 0 radical (unpaired) electrons. The van der Waals surface area contributed by atoms with Crippen molar-refractivity contribution in [1.29, 1.82) is 0 Å². The van der Waals surface area contributed by atoms with Crippen LogP contribution in [0.15, 0.2) is 146 Å². The molecule has 4 aromatic heterocycles. The summed E-state index contributed by atoms with van der Waals surface area (Å²) in [6.07, 6.45) is 1.87. The van der Waals surface area contributed by atoms with E-state index in [0.29, 0.717) is 0 Å². The van der Waals surface area contributed by atoms with Crippen LogP contribution in [-0.2, 0) is 7.05 Å². The van der Waals surface area contributed by atoms with Gasteiger partial charge in [0.1, 0.15) is 11.6 Å². The van der Waals surface area contributed by atoms with E-state index >= 15 is 0 Å². The minimum Gasteiger partial charge on any atom is -0.327 e. The Kier molecular flexibility index (Phi) is 5.14. The second-order valence-corrected chi connectivity index (χ2v) is 12.0. The van der Waals surface area contributed by atoms with Crippen molar-refractivity contribution in [3.05, 3.63) is 146 Å². The summed E-state index contributed by atoms with van der Waals surface area (Å²) in [5, 5.41) is 7.30.